The summed E-state index contributed by atoms with van der Waals surface area (Å²) >= 11 is 1.60. The average molecular weight is 437 g/mol. The summed E-state index contributed by atoms with van der Waals surface area (Å²) in [6.07, 6.45) is 0.907. The number of Topliss-reactive ketones (excluding diaryl/α,β-unsaturated/α-hetero) is 1. The van der Waals surface area contributed by atoms with Gasteiger partial charge in [-0.1, -0.05) is 12.1 Å². The number of H-pyrrole nitrogens is 2. The zero-order valence-corrected chi connectivity index (χ0v) is 17.3. The maximum absolute atomic E-state index is 13.3. The number of ketones is 1. The fraction of sp³-hybridized carbons (Fsp3) is 0.227. The molecule has 2 aliphatic rings. The summed E-state index contributed by atoms with van der Waals surface area (Å²) in [5, 5.41) is 15.4. The zero-order chi connectivity index (χ0) is 21.7. The van der Waals surface area contributed by atoms with E-state index in [1.165, 1.54) is 13.2 Å². The topological polar surface area (TPSA) is 124 Å². The molecule has 1 aromatic carbocycles. The first kappa shape index (κ1) is 19.4. The highest BCUT2D eigenvalue weighted by molar-refractivity contribution is 7.10. The van der Waals surface area contributed by atoms with Gasteiger partial charge in [0.05, 0.1) is 12.7 Å². The van der Waals surface area contributed by atoms with Crippen molar-refractivity contribution in [3.05, 3.63) is 83.8 Å². The molecule has 5 rings (SSSR count). The Hall–Kier alpha value is -3.59. The van der Waals surface area contributed by atoms with Crippen LogP contribution in [0.15, 0.2) is 56.6 Å². The van der Waals surface area contributed by atoms with Gasteiger partial charge < -0.3 is 15.2 Å². The Morgan fingerprint density at radius 3 is 2.68 bits per heavy atom. The summed E-state index contributed by atoms with van der Waals surface area (Å²) in [4.78, 5) is 44.1. The molecule has 0 spiro atoms. The molecule has 1 aliphatic carbocycles. The smallest absolute Gasteiger partial charge is 0.327 e. The lowest BCUT2D eigenvalue weighted by molar-refractivity contribution is -0.116. The minimum atomic E-state index is -0.722. The molecule has 3 heterocycles. The predicted octanol–water partition coefficient (Wildman–Crippen LogP) is 2.80. The lowest BCUT2D eigenvalue weighted by Crippen LogP contribution is -2.37. The molecule has 158 valence electrons. The van der Waals surface area contributed by atoms with Crippen LogP contribution in [0.25, 0.3) is 0 Å². The Bertz CT molecular complexity index is 1340. The van der Waals surface area contributed by atoms with Crippen molar-refractivity contribution >= 4 is 22.9 Å². The van der Waals surface area contributed by atoms with E-state index in [4.69, 9.17) is 4.74 Å². The highest BCUT2D eigenvalue weighted by atomic mass is 32.1. The van der Waals surface area contributed by atoms with Crippen molar-refractivity contribution in [3.8, 4) is 11.5 Å². The molecule has 4 N–H and O–H groups in total. The number of anilines is 1. The van der Waals surface area contributed by atoms with Gasteiger partial charge in [-0.25, -0.2) is 4.79 Å². The van der Waals surface area contributed by atoms with Gasteiger partial charge in [-0.3, -0.25) is 19.6 Å². The lowest BCUT2D eigenvalue weighted by Gasteiger charge is -2.35. The van der Waals surface area contributed by atoms with Crippen molar-refractivity contribution in [1.82, 2.24) is 9.97 Å². The van der Waals surface area contributed by atoms with Gasteiger partial charge in [-0.15, -0.1) is 11.3 Å². The molecule has 31 heavy (non-hydrogen) atoms. The quantitative estimate of drug-likeness (QED) is 0.500. The summed E-state index contributed by atoms with van der Waals surface area (Å²) in [6, 6.07) is 8.77. The van der Waals surface area contributed by atoms with E-state index >= 15 is 0 Å². The number of carbonyl (C=O) groups excluding carboxylic acids is 1. The highest BCUT2D eigenvalue weighted by Gasteiger charge is 2.40. The van der Waals surface area contributed by atoms with Gasteiger partial charge in [0.2, 0.25) is 0 Å². The third kappa shape index (κ3) is 3.17. The minimum Gasteiger partial charge on any atom is -0.504 e. The molecule has 2 aromatic heterocycles. The number of hydrogen-bond acceptors (Lipinski definition) is 7. The van der Waals surface area contributed by atoms with Gasteiger partial charge in [0.15, 0.2) is 17.3 Å². The molecule has 0 bridgehead atoms. The maximum atomic E-state index is 13.3. The van der Waals surface area contributed by atoms with E-state index in [1.54, 1.807) is 23.5 Å². The second kappa shape index (κ2) is 7.28. The number of aromatic amines is 2. The molecule has 3 aromatic rings. The summed E-state index contributed by atoms with van der Waals surface area (Å²) in [6.45, 7) is 0. The van der Waals surface area contributed by atoms with Crippen LogP contribution in [0.2, 0.25) is 0 Å². The second-order valence-electron chi connectivity index (χ2n) is 7.62. The number of aromatic hydroxyl groups is 1. The minimum absolute atomic E-state index is 0.0268. The number of aromatic nitrogens is 2. The molecule has 0 radical (unpaired) electrons. The van der Waals surface area contributed by atoms with Gasteiger partial charge >= 0.3 is 5.69 Å². The van der Waals surface area contributed by atoms with Crippen LogP contribution in [0.4, 0.5) is 5.82 Å². The van der Waals surface area contributed by atoms with E-state index in [2.05, 4.69) is 15.3 Å². The van der Waals surface area contributed by atoms with Crippen LogP contribution in [0.1, 0.15) is 40.7 Å². The first-order chi connectivity index (χ1) is 15.0. The van der Waals surface area contributed by atoms with E-state index < -0.39 is 17.2 Å². The van der Waals surface area contributed by atoms with Gasteiger partial charge in [0.25, 0.3) is 5.56 Å². The van der Waals surface area contributed by atoms with Crippen molar-refractivity contribution in [3.63, 3.8) is 0 Å². The molecule has 1 aliphatic heterocycles. The number of carbonyl (C=O) groups is 1. The van der Waals surface area contributed by atoms with E-state index in [0.717, 1.165) is 4.88 Å². The summed E-state index contributed by atoms with van der Waals surface area (Å²) < 4.78 is 5.12. The van der Waals surface area contributed by atoms with E-state index in [1.807, 2.05) is 17.5 Å². The van der Waals surface area contributed by atoms with Crippen LogP contribution in [0.5, 0.6) is 11.5 Å². The van der Waals surface area contributed by atoms with Crippen LogP contribution in [-0.4, -0.2) is 28.0 Å². The number of nitrogens with one attached hydrogen (secondary N) is 3. The predicted molar refractivity (Wildman–Crippen MR) is 116 cm³/mol. The molecular weight excluding hydrogens is 418 g/mol. The number of methoxy groups -OCH3 is 1. The van der Waals surface area contributed by atoms with E-state index in [0.29, 0.717) is 29.7 Å². The largest absolute Gasteiger partial charge is 0.504 e. The maximum Gasteiger partial charge on any atom is 0.327 e. The molecule has 9 heteroatoms. The molecule has 8 nitrogen and oxygen atoms in total. The van der Waals surface area contributed by atoms with Gasteiger partial charge in [0, 0.05) is 34.4 Å². The molecule has 0 saturated heterocycles. The van der Waals surface area contributed by atoms with Crippen molar-refractivity contribution in [2.45, 2.75) is 24.7 Å². The summed E-state index contributed by atoms with van der Waals surface area (Å²) in [7, 11) is 1.44. The monoisotopic (exact) mass is 437 g/mol. The number of ether oxygens (including phenoxy) is 1. The Balaban J connectivity index is 1.70. The van der Waals surface area contributed by atoms with E-state index in [-0.39, 0.29) is 34.6 Å². The number of rotatable bonds is 3. The number of fused-ring (bicyclic) bond motifs is 1. The molecule has 0 unspecified atom stereocenters. The normalized spacial score (nSPS) is 20.1. The van der Waals surface area contributed by atoms with Crippen molar-refractivity contribution in [1.29, 1.82) is 0 Å². The van der Waals surface area contributed by atoms with Crippen LogP contribution in [0.3, 0.4) is 0 Å². The number of phenolic OH excluding ortho intramolecular Hbond substituents is 1. The Morgan fingerprint density at radius 1 is 1.13 bits per heavy atom. The Kier molecular flexibility index (Phi) is 4.55. The third-order valence-corrected chi connectivity index (χ3v) is 6.86. The third-order valence-electron chi connectivity index (χ3n) is 5.82. The number of thiophene rings is 1. The summed E-state index contributed by atoms with van der Waals surface area (Å²) in [5.41, 5.74) is 0.769. The van der Waals surface area contributed by atoms with E-state index in [9.17, 15) is 19.5 Å². The number of phenols is 1. The molecule has 0 fully saturated rings. The van der Waals surface area contributed by atoms with Crippen LogP contribution in [-0.2, 0) is 4.79 Å². The fourth-order valence-corrected chi connectivity index (χ4v) is 5.32. The first-order valence-electron chi connectivity index (χ1n) is 9.76. The zero-order valence-electron chi connectivity index (χ0n) is 16.5. The number of hydrogen-bond donors (Lipinski definition) is 4. The lowest BCUT2D eigenvalue weighted by atomic mass is 9.73. The molecule has 0 saturated carbocycles. The number of benzene rings is 1. The van der Waals surface area contributed by atoms with Crippen molar-refractivity contribution in [2.75, 3.05) is 12.4 Å². The SMILES string of the molecule is COc1ccc([C@H]2C3=C(C[C@H](c4cccs4)CC3=O)Nc3[nH]c(=O)[nH]c(=O)c32)cc1O. The second-order valence-corrected chi connectivity index (χ2v) is 8.60. The fourth-order valence-electron chi connectivity index (χ4n) is 4.49. The number of allylic oxidation sites excluding steroid dienone is 2. The highest BCUT2D eigenvalue weighted by Crippen LogP contribution is 2.47. The average Bonchev–Trinajstić information content (AvgIpc) is 3.27. The van der Waals surface area contributed by atoms with Crippen LogP contribution in [0, 0.1) is 0 Å². The van der Waals surface area contributed by atoms with Gasteiger partial charge in [-0.2, -0.15) is 0 Å². The van der Waals surface area contributed by atoms with Crippen molar-refractivity contribution in [2.24, 2.45) is 0 Å². The molecule has 0 amide bonds. The van der Waals surface area contributed by atoms with Crippen LogP contribution < -0.4 is 21.3 Å². The molecule has 2 atom stereocenters. The molecular formula is C22H19N3O5S. The van der Waals surface area contributed by atoms with Gasteiger partial charge in [0.1, 0.15) is 5.82 Å². The van der Waals surface area contributed by atoms with Gasteiger partial charge in [-0.05, 0) is 35.6 Å². The van der Waals surface area contributed by atoms with Crippen LogP contribution >= 0.6 is 11.3 Å². The standard InChI is InChI=1S/C22H19N3O5S/c1-30-15-5-4-10(8-13(15)26)17-18-12(23-20-19(17)21(28)25-22(29)24-20)7-11(9-14(18)27)16-3-2-6-31-16/h2-6,8,11,17,26H,7,9H2,1H3,(H3,23,24,25,28,29)/t11-,17-/m0/s1. The Morgan fingerprint density at radius 2 is 1.97 bits per heavy atom. The Labute approximate surface area is 180 Å². The summed E-state index contributed by atoms with van der Waals surface area (Å²) in [5.74, 6) is -0.298. The van der Waals surface area contributed by atoms with Crippen molar-refractivity contribution < 1.29 is 14.6 Å². The first-order valence-corrected chi connectivity index (χ1v) is 10.6.